The molecule has 0 spiro atoms. The highest BCUT2D eigenvalue weighted by Gasteiger charge is 2.58. The van der Waals surface area contributed by atoms with Gasteiger partial charge in [-0.2, -0.15) is 27.1 Å². The molecule has 11 heteroatoms. The number of nitrogens with one attached hydrogen (secondary N) is 1. The van der Waals surface area contributed by atoms with Gasteiger partial charge in [-0.15, -0.1) is 0 Å². The molecule has 0 fully saturated rings. The van der Waals surface area contributed by atoms with Crippen LogP contribution in [-0.4, -0.2) is 45.0 Å². The van der Waals surface area contributed by atoms with Crippen LogP contribution in [0.4, 0.5) is 27.8 Å². The van der Waals surface area contributed by atoms with Crippen molar-refractivity contribution in [2.75, 3.05) is 18.5 Å². The number of ether oxygens (including phenoxy) is 1. The maximum Gasteiger partial charge on any atom is 0.456 e. The van der Waals surface area contributed by atoms with E-state index < -0.39 is 18.7 Å². The number of hydrogen-bond donors (Lipinski definition) is 1. The number of pyridine rings is 2. The van der Waals surface area contributed by atoms with Crippen LogP contribution in [0.25, 0.3) is 10.9 Å². The largest absolute Gasteiger partial charge is 0.485 e. The number of hydrogen-bond acceptors (Lipinski definition) is 5. The van der Waals surface area contributed by atoms with Crippen LogP contribution in [0.1, 0.15) is 25.5 Å². The van der Waals surface area contributed by atoms with E-state index in [0.717, 1.165) is 42.3 Å². The Kier molecular flexibility index (Phi) is 6.37. The lowest BCUT2D eigenvalue weighted by Crippen LogP contribution is -2.41. The average molecular weight is 429 g/mol. The molecule has 0 aliphatic heterocycles. The van der Waals surface area contributed by atoms with Gasteiger partial charge in [0.1, 0.15) is 11.6 Å². The summed E-state index contributed by atoms with van der Waals surface area (Å²) >= 11 is 0. The van der Waals surface area contributed by atoms with E-state index in [1.54, 1.807) is 16.9 Å². The Morgan fingerprint density at radius 3 is 2.57 bits per heavy atom. The minimum Gasteiger partial charge on any atom is -0.485 e. The molecular weight excluding hydrogens is 409 g/mol. The topological polar surface area (TPSA) is 64.9 Å². The van der Waals surface area contributed by atoms with Crippen molar-refractivity contribution in [3.63, 3.8) is 0 Å². The highest BCUT2D eigenvalue weighted by molar-refractivity contribution is 5.88. The van der Waals surface area contributed by atoms with E-state index in [2.05, 4.69) is 32.0 Å². The molecule has 0 aliphatic rings. The lowest BCUT2D eigenvalue weighted by atomic mass is 10.3. The quantitative estimate of drug-likeness (QED) is 0.396. The minimum absolute atomic E-state index is 0.181. The van der Waals surface area contributed by atoms with Gasteiger partial charge < -0.3 is 10.1 Å². The molecule has 1 N–H and O–H groups in total. The third-order valence-corrected chi connectivity index (χ3v) is 4.26. The highest BCUT2D eigenvalue weighted by atomic mass is 19.4. The molecule has 30 heavy (non-hydrogen) atoms. The second-order valence-corrected chi connectivity index (χ2v) is 6.68. The first-order chi connectivity index (χ1) is 14.2. The number of nitrogens with zero attached hydrogens (tertiary/aromatic N) is 4. The normalized spacial score (nSPS) is 12.3. The molecule has 0 saturated heterocycles. The van der Waals surface area contributed by atoms with Crippen LogP contribution >= 0.6 is 0 Å². The third kappa shape index (κ3) is 5.14. The van der Waals surface area contributed by atoms with Crippen LogP contribution in [-0.2, 0) is 6.54 Å². The van der Waals surface area contributed by atoms with Gasteiger partial charge in [-0.3, -0.25) is 9.67 Å². The zero-order valence-electron chi connectivity index (χ0n) is 16.1. The van der Waals surface area contributed by atoms with Gasteiger partial charge in [-0.05, 0) is 24.6 Å². The molecular formula is C19H20F5N5O. The Bertz CT molecular complexity index is 972. The molecule has 6 nitrogen and oxygen atoms in total. The summed E-state index contributed by atoms with van der Waals surface area (Å²) in [5.41, 5.74) is 1.28. The van der Waals surface area contributed by atoms with Crippen molar-refractivity contribution in [3.05, 3.63) is 42.5 Å². The van der Waals surface area contributed by atoms with Gasteiger partial charge in [0.05, 0.1) is 29.3 Å². The molecule has 162 valence electrons. The van der Waals surface area contributed by atoms with E-state index >= 15 is 0 Å². The molecule has 3 rings (SSSR count). The van der Waals surface area contributed by atoms with Gasteiger partial charge in [0, 0.05) is 18.9 Å². The SMILES string of the molecule is CCCCNc1nccc2nn(Cc3ccc(OCC(F)(F)C(F)(F)F)cn3)cc12. The molecule has 0 atom stereocenters. The van der Waals surface area contributed by atoms with E-state index in [1.165, 1.54) is 12.1 Å². The lowest BCUT2D eigenvalue weighted by molar-refractivity contribution is -0.290. The summed E-state index contributed by atoms with van der Waals surface area (Å²) in [5.74, 6) is -4.38. The first-order valence-electron chi connectivity index (χ1n) is 9.28. The summed E-state index contributed by atoms with van der Waals surface area (Å²) in [5, 5.41) is 8.58. The Balaban J connectivity index is 1.65. The molecule has 3 heterocycles. The Morgan fingerprint density at radius 1 is 1.10 bits per heavy atom. The zero-order chi connectivity index (χ0) is 21.8. The molecule has 0 saturated carbocycles. The molecule has 0 aromatic carbocycles. The Morgan fingerprint density at radius 2 is 1.90 bits per heavy atom. The van der Waals surface area contributed by atoms with Crippen molar-refractivity contribution < 1.29 is 26.7 Å². The number of fused-ring (bicyclic) bond motifs is 1. The number of halogens is 5. The van der Waals surface area contributed by atoms with Crippen molar-refractivity contribution in [1.29, 1.82) is 0 Å². The fraction of sp³-hybridized carbons (Fsp3) is 0.421. The average Bonchev–Trinajstić information content (AvgIpc) is 3.10. The van der Waals surface area contributed by atoms with Crippen molar-refractivity contribution in [2.24, 2.45) is 0 Å². The van der Waals surface area contributed by atoms with Crippen LogP contribution < -0.4 is 10.1 Å². The Labute approximate surface area is 169 Å². The van der Waals surface area contributed by atoms with E-state index in [9.17, 15) is 22.0 Å². The maximum absolute atomic E-state index is 12.9. The molecule has 0 bridgehead atoms. The lowest BCUT2D eigenvalue weighted by Gasteiger charge is -2.19. The first kappa shape index (κ1) is 21.7. The number of unbranched alkanes of at least 4 members (excludes halogenated alkanes) is 1. The fourth-order valence-corrected chi connectivity index (χ4v) is 2.61. The van der Waals surface area contributed by atoms with E-state index in [0.29, 0.717) is 5.69 Å². The monoisotopic (exact) mass is 429 g/mol. The standard InChI is InChI=1S/C19H20F5N5O/c1-2-3-7-25-17-15-11-29(28-16(15)6-8-26-17)10-13-4-5-14(9-27-13)30-12-18(20,21)19(22,23)24/h4-6,8-9,11H,2-3,7,10,12H2,1H3,(H,25,26). The molecule has 3 aromatic heterocycles. The summed E-state index contributed by atoms with van der Waals surface area (Å²) in [6.07, 6.45) is 0.981. The van der Waals surface area contributed by atoms with E-state index in [1.807, 2.05) is 6.20 Å². The minimum atomic E-state index is -5.67. The Hall–Kier alpha value is -2.98. The summed E-state index contributed by atoms with van der Waals surface area (Å²) in [6, 6.07) is 4.55. The van der Waals surface area contributed by atoms with Crippen molar-refractivity contribution in [2.45, 2.75) is 38.4 Å². The third-order valence-electron chi connectivity index (χ3n) is 4.26. The molecule has 0 aliphatic carbocycles. The van der Waals surface area contributed by atoms with Crippen LogP contribution in [0.5, 0.6) is 5.75 Å². The van der Waals surface area contributed by atoms with Crippen molar-refractivity contribution in [1.82, 2.24) is 19.7 Å². The summed E-state index contributed by atoms with van der Waals surface area (Å²) in [6.45, 7) is 1.37. The van der Waals surface area contributed by atoms with Gasteiger partial charge in [0.25, 0.3) is 0 Å². The summed E-state index contributed by atoms with van der Waals surface area (Å²) in [4.78, 5) is 8.38. The number of alkyl halides is 5. The summed E-state index contributed by atoms with van der Waals surface area (Å²) < 4.78 is 68.6. The molecule has 0 amide bonds. The number of anilines is 1. The van der Waals surface area contributed by atoms with Gasteiger partial charge in [-0.1, -0.05) is 13.3 Å². The van der Waals surface area contributed by atoms with Crippen LogP contribution in [0, 0.1) is 0 Å². The fourth-order valence-electron chi connectivity index (χ4n) is 2.61. The van der Waals surface area contributed by atoms with E-state index in [-0.39, 0.29) is 12.3 Å². The van der Waals surface area contributed by atoms with Crippen molar-refractivity contribution >= 4 is 16.7 Å². The molecule has 0 radical (unpaired) electrons. The summed E-state index contributed by atoms with van der Waals surface area (Å²) in [7, 11) is 0. The second-order valence-electron chi connectivity index (χ2n) is 6.68. The van der Waals surface area contributed by atoms with Gasteiger partial charge in [-0.25, -0.2) is 4.98 Å². The molecule has 0 unspecified atom stereocenters. The second kappa shape index (κ2) is 8.80. The van der Waals surface area contributed by atoms with Gasteiger partial charge in [0.15, 0.2) is 6.61 Å². The highest BCUT2D eigenvalue weighted by Crippen LogP contribution is 2.35. The van der Waals surface area contributed by atoms with Crippen LogP contribution in [0.2, 0.25) is 0 Å². The van der Waals surface area contributed by atoms with Gasteiger partial charge in [0.2, 0.25) is 0 Å². The molecule has 3 aromatic rings. The van der Waals surface area contributed by atoms with Gasteiger partial charge >= 0.3 is 12.1 Å². The van der Waals surface area contributed by atoms with E-state index in [4.69, 9.17) is 0 Å². The first-order valence-corrected chi connectivity index (χ1v) is 9.28. The van der Waals surface area contributed by atoms with Crippen LogP contribution in [0.3, 0.4) is 0 Å². The van der Waals surface area contributed by atoms with Crippen molar-refractivity contribution in [3.8, 4) is 5.75 Å². The smallest absolute Gasteiger partial charge is 0.456 e. The number of rotatable bonds is 9. The maximum atomic E-state index is 12.9. The predicted molar refractivity (Wildman–Crippen MR) is 101 cm³/mol. The predicted octanol–water partition coefficient (Wildman–Crippen LogP) is 4.66. The zero-order valence-corrected chi connectivity index (χ0v) is 16.1. The van der Waals surface area contributed by atoms with Crippen LogP contribution in [0.15, 0.2) is 36.8 Å². The number of aromatic nitrogens is 4.